The minimum Gasteiger partial charge on any atom is -0.457 e. The van der Waals surface area contributed by atoms with Crippen molar-refractivity contribution >= 4 is 73.2 Å². The van der Waals surface area contributed by atoms with E-state index in [4.69, 9.17) is 40.5 Å². The zero-order valence-electron chi connectivity index (χ0n) is 53.4. The maximum atomic E-state index is 14.1. The van der Waals surface area contributed by atoms with Gasteiger partial charge in [0.15, 0.2) is 23.2 Å². The summed E-state index contributed by atoms with van der Waals surface area (Å²) < 4.78 is 27.6. The third-order valence-corrected chi connectivity index (χ3v) is 17.4. The number of hydrogen-bond donors (Lipinski definition) is 0. The minimum absolute atomic E-state index is 0.0441. The quantitative estimate of drug-likeness (QED) is 0.0451. The maximum absolute atomic E-state index is 14.1. The highest BCUT2D eigenvalue weighted by atomic mass is 16.5. The number of fused-ring (bicyclic) bond motifs is 6. The van der Waals surface area contributed by atoms with Crippen LogP contribution in [0, 0.1) is 17.9 Å². The average Bonchev–Trinajstić information content (AvgIpc) is 1.57. The summed E-state index contributed by atoms with van der Waals surface area (Å²) in [5.41, 5.74) is 11.7. The number of benzene rings is 12. The second kappa shape index (κ2) is 27.4. The molecule has 478 valence electrons. The fourth-order valence-corrected chi connectivity index (χ4v) is 12.5. The Morgan fingerprint density at radius 2 is 0.720 bits per heavy atom. The normalized spacial score (nSPS) is 11.1. The summed E-state index contributed by atoms with van der Waals surface area (Å²) in [6.45, 7) is 8.47. The molecule has 100 heavy (non-hydrogen) atoms. The highest BCUT2D eigenvalue weighted by Crippen LogP contribution is 2.43. The second-order valence-electron chi connectivity index (χ2n) is 23.7. The Bertz CT molecular complexity index is 5560. The lowest BCUT2D eigenvalue weighted by atomic mass is 10.00. The number of hydrogen-bond acceptors (Lipinski definition) is 12. The van der Waals surface area contributed by atoms with Gasteiger partial charge in [0, 0.05) is 38.2 Å². The van der Waals surface area contributed by atoms with Crippen LogP contribution in [0.15, 0.2) is 285 Å². The lowest BCUT2D eigenvalue weighted by Crippen LogP contribution is -2.07. The van der Waals surface area contributed by atoms with Crippen molar-refractivity contribution in [3.05, 3.63) is 347 Å². The van der Waals surface area contributed by atoms with Gasteiger partial charge >= 0.3 is 23.9 Å². The standard InChI is InChI=1S/C85H55N7O8/c1-87-72-30-18-17-29-65(72)60-32-37-66(78(48-60)92-75-41-35-63(84(95)99-52-56-23-11-4-12-24-56)46-69(75)70-47-64(36-42-76(70)92)85(96)100-53-57-25-13-5-14-26-57)80-88-79(59-27-15-6-16-28-59)89-81(90-80)71-43-58(49-86)31-38-77(71)91-73-39-33-61(82(93)97-50-54-19-7-2-8-20-54)44-67(73)68-45-62(34-40-74(68)91)83(94)98-51-55-21-9-3-10-22-55/h2-48H,50-53H2. The SMILES string of the molecule is [C-]#[N+]c1ccccc1-c1ccc(-c2nc(-c3ccccc3)nc(-c3cc(C#N)ccc3-n3c4ccc(C(=O)OCc5ccccc5)cc4c4cc(C(=O)OCc5ccccc5)ccc43)n2)c(-n2c3ccc(C(=O)OCc4ccccc4)cc3c3cc(C(=O)OCc4ccccc4)ccc32)c1. The number of carbonyl (C=O) groups excluding carboxylic acids is 4. The molecule has 0 fully saturated rings. The zero-order valence-corrected chi connectivity index (χ0v) is 53.4. The Kier molecular flexibility index (Phi) is 17.1. The topological polar surface area (TPSA) is 182 Å². The van der Waals surface area contributed by atoms with Crippen LogP contribution < -0.4 is 0 Å². The molecule has 0 amide bonds. The molecule has 0 saturated carbocycles. The summed E-state index contributed by atoms with van der Waals surface area (Å²) in [7, 11) is 0. The molecule has 0 aliphatic heterocycles. The lowest BCUT2D eigenvalue weighted by molar-refractivity contribution is 0.0464. The van der Waals surface area contributed by atoms with Gasteiger partial charge in [-0.1, -0.05) is 182 Å². The molecule has 15 nitrogen and oxygen atoms in total. The molecular weight excluding hydrogens is 1250 g/mol. The van der Waals surface area contributed by atoms with E-state index in [1.54, 1.807) is 66.7 Å². The van der Waals surface area contributed by atoms with Crippen molar-refractivity contribution in [1.29, 1.82) is 5.26 Å². The van der Waals surface area contributed by atoms with Crippen molar-refractivity contribution < 1.29 is 38.1 Å². The van der Waals surface area contributed by atoms with Crippen LogP contribution in [-0.4, -0.2) is 48.0 Å². The highest BCUT2D eigenvalue weighted by molar-refractivity contribution is 6.15. The first-order valence-corrected chi connectivity index (χ1v) is 32.1. The number of esters is 4. The Hall–Kier alpha value is -13.9. The van der Waals surface area contributed by atoms with Crippen LogP contribution in [0.2, 0.25) is 0 Å². The van der Waals surface area contributed by atoms with Crippen molar-refractivity contribution in [2.45, 2.75) is 26.4 Å². The molecular formula is C85H55N7O8. The second-order valence-corrected chi connectivity index (χ2v) is 23.7. The predicted molar refractivity (Wildman–Crippen MR) is 383 cm³/mol. The number of nitriles is 1. The highest BCUT2D eigenvalue weighted by Gasteiger charge is 2.27. The van der Waals surface area contributed by atoms with Gasteiger partial charge in [-0.15, -0.1) is 0 Å². The van der Waals surface area contributed by atoms with Crippen LogP contribution in [0.3, 0.4) is 0 Å². The Morgan fingerprint density at radius 3 is 1.13 bits per heavy atom. The van der Waals surface area contributed by atoms with Crippen LogP contribution in [-0.2, 0) is 45.4 Å². The van der Waals surface area contributed by atoms with E-state index in [-0.39, 0.29) is 60.3 Å². The third kappa shape index (κ3) is 12.6. The summed E-state index contributed by atoms with van der Waals surface area (Å²) in [6.07, 6.45) is 0. The number of ether oxygens (including phenoxy) is 4. The number of para-hydroxylation sites is 1. The summed E-state index contributed by atoms with van der Waals surface area (Å²) in [4.78, 5) is 76.3. The van der Waals surface area contributed by atoms with E-state index in [1.165, 1.54) is 0 Å². The van der Waals surface area contributed by atoms with Gasteiger partial charge in [0.05, 0.1) is 73.9 Å². The molecule has 15 heteroatoms. The van der Waals surface area contributed by atoms with Gasteiger partial charge in [-0.3, -0.25) is 0 Å². The number of rotatable bonds is 18. The van der Waals surface area contributed by atoms with Gasteiger partial charge in [-0.2, -0.15) is 5.26 Å². The summed E-state index contributed by atoms with van der Waals surface area (Å²) in [5.74, 6) is -1.51. The molecule has 12 aromatic carbocycles. The van der Waals surface area contributed by atoms with E-state index >= 15 is 0 Å². The van der Waals surface area contributed by atoms with Crippen molar-refractivity contribution in [3.63, 3.8) is 0 Å². The third-order valence-electron chi connectivity index (χ3n) is 17.4. The first-order chi connectivity index (χ1) is 49.1. The molecule has 0 N–H and O–H groups in total. The first kappa shape index (κ1) is 62.2. The van der Waals surface area contributed by atoms with Crippen LogP contribution in [0.5, 0.6) is 0 Å². The van der Waals surface area contributed by atoms with E-state index in [0.717, 1.165) is 22.3 Å². The number of nitrogens with zero attached hydrogens (tertiary/aromatic N) is 7. The van der Waals surface area contributed by atoms with E-state index in [2.05, 4.69) is 10.9 Å². The van der Waals surface area contributed by atoms with Gasteiger partial charge in [0.25, 0.3) is 0 Å². The summed E-state index contributed by atoms with van der Waals surface area (Å²) in [5, 5.41) is 13.2. The minimum atomic E-state index is -0.552. The molecule has 0 aliphatic rings. The molecule has 0 aliphatic carbocycles. The van der Waals surface area contributed by atoms with Gasteiger partial charge in [0.1, 0.15) is 26.4 Å². The summed E-state index contributed by atoms with van der Waals surface area (Å²) >= 11 is 0. The van der Waals surface area contributed by atoms with E-state index in [0.29, 0.717) is 99.9 Å². The maximum Gasteiger partial charge on any atom is 0.338 e. The fourth-order valence-electron chi connectivity index (χ4n) is 12.5. The smallest absolute Gasteiger partial charge is 0.338 e. The average molecular weight is 1300 g/mol. The molecule has 15 rings (SSSR count). The van der Waals surface area contributed by atoms with Crippen LogP contribution in [0.25, 0.3) is 105 Å². The Labute approximate surface area is 573 Å². The van der Waals surface area contributed by atoms with Gasteiger partial charge in [-0.25, -0.2) is 39.0 Å². The summed E-state index contributed by atoms with van der Waals surface area (Å²) in [6, 6.07) is 89.1. The van der Waals surface area contributed by atoms with Crippen LogP contribution in [0.1, 0.15) is 69.2 Å². The molecule has 3 aromatic heterocycles. The van der Waals surface area contributed by atoms with Gasteiger partial charge < -0.3 is 28.1 Å². The largest absolute Gasteiger partial charge is 0.457 e. The van der Waals surface area contributed by atoms with Crippen molar-refractivity contribution in [3.8, 4) is 62.7 Å². The van der Waals surface area contributed by atoms with Gasteiger partial charge in [0.2, 0.25) is 0 Å². The zero-order chi connectivity index (χ0) is 68.1. The molecule has 0 saturated heterocycles. The molecule has 0 spiro atoms. The Morgan fingerprint density at radius 1 is 0.350 bits per heavy atom. The fraction of sp³-hybridized carbons (Fsp3) is 0.0471. The Balaban J connectivity index is 0.929. The van der Waals surface area contributed by atoms with Crippen molar-refractivity contribution in [2.24, 2.45) is 0 Å². The first-order valence-electron chi connectivity index (χ1n) is 32.1. The molecule has 0 radical (unpaired) electrons. The number of carbonyl (C=O) groups is 4. The predicted octanol–water partition coefficient (Wildman–Crippen LogP) is 18.6. The van der Waals surface area contributed by atoms with Gasteiger partial charge in [-0.05, 0) is 137 Å². The molecule has 0 bridgehead atoms. The number of aromatic nitrogens is 5. The van der Waals surface area contributed by atoms with Crippen LogP contribution >= 0.6 is 0 Å². The molecule has 0 atom stereocenters. The van der Waals surface area contributed by atoms with Crippen molar-refractivity contribution in [1.82, 2.24) is 24.1 Å². The molecule has 0 unspecified atom stereocenters. The monoisotopic (exact) mass is 1300 g/mol. The molecule has 3 heterocycles. The van der Waals surface area contributed by atoms with E-state index < -0.39 is 23.9 Å². The lowest BCUT2D eigenvalue weighted by Gasteiger charge is -2.18. The molecule has 15 aromatic rings. The van der Waals surface area contributed by atoms with Crippen molar-refractivity contribution in [2.75, 3.05) is 0 Å². The van der Waals surface area contributed by atoms with Crippen LogP contribution in [0.4, 0.5) is 5.69 Å². The van der Waals surface area contributed by atoms with E-state index in [9.17, 15) is 24.4 Å². The van der Waals surface area contributed by atoms with E-state index in [1.807, 2.05) is 228 Å².